The SMILES string of the molecule is CC(C)OP(=O)(N[C@H](C)Cc1ccccc1)OC(C)C.C[C@@H](N)Cc1ccccc1. The Bertz CT molecular complexity index is 723. The molecule has 0 amide bonds. The molecule has 6 heteroatoms. The van der Waals surface area contributed by atoms with Crippen molar-refractivity contribution in [1.82, 2.24) is 5.09 Å². The van der Waals surface area contributed by atoms with E-state index in [4.69, 9.17) is 14.8 Å². The molecule has 3 N–H and O–H groups in total. The molecule has 0 heterocycles. The van der Waals surface area contributed by atoms with E-state index in [2.05, 4.69) is 29.4 Å². The Morgan fingerprint density at radius 1 is 0.767 bits per heavy atom. The summed E-state index contributed by atoms with van der Waals surface area (Å²) in [7, 11) is -3.27. The topological polar surface area (TPSA) is 73.6 Å². The number of hydrogen-bond acceptors (Lipinski definition) is 4. The minimum absolute atomic E-state index is 0.000679. The van der Waals surface area contributed by atoms with Crippen LogP contribution in [0.25, 0.3) is 0 Å². The van der Waals surface area contributed by atoms with Gasteiger partial charge in [0.15, 0.2) is 0 Å². The minimum Gasteiger partial charge on any atom is -0.328 e. The summed E-state index contributed by atoms with van der Waals surface area (Å²) < 4.78 is 23.6. The Labute approximate surface area is 183 Å². The van der Waals surface area contributed by atoms with Gasteiger partial charge in [-0.25, -0.2) is 9.65 Å². The van der Waals surface area contributed by atoms with Crippen molar-refractivity contribution in [2.75, 3.05) is 0 Å². The second-order valence-corrected chi connectivity index (χ2v) is 9.87. The van der Waals surface area contributed by atoms with Crippen molar-refractivity contribution < 1.29 is 13.6 Å². The second-order valence-electron chi connectivity index (χ2n) is 8.19. The maximum Gasteiger partial charge on any atom is 0.406 e. The molecule has 0 saturated carbocycles. The van der Waals surface area contributed by atoms with Gasteiger partial charge in [-0.3, -0.25) is 9.05 Å². The van der Waals surface area contributed by atoms with Gasteiger partial charge in [-0.05, 0) is 65.5 Å². The molecule has 0 fully saturated rings. The van der Waals surface area contributed by atoms with Crippen LogP contribution in [0, 0.1) is 0 Å². The van der Waals surface area contributed by atoms with Gasteiger partial charge in [0.2, 0.25) is 0 Å². The third-order valence-corrected chi connectivity index (χ3v) is 6.02. The van der Waals surface area contributed by atoms with Crippen LogP contribution < -0.4 is 10.8 Å². The van der Waals surface area contributed by atoms with E-state index >= 15 is 0 Å². The zero-order valence-electron chi connectivity index (χ0n) is 19.2. The van der Waals surface area contributed by atoms with Gasteiger partial charge in [0.05, 0.1) is 12.2 Å². The highest BCUT2D eigenvalue weighted by atomic mass is 31.2. The van der Waals surface area contributed by atoms with Gasteiger partial charge in [0, 0.05) is 12.1 Å². The fourth-order valence-electron chi connectivity index (χ4n) is 2.91. The summed E-state index contributed by atoms with van der Waals surface area (Å²) in [6.45, 7) is 11.4. The Balaban J connectivity index is 0.000000375. The average molecular weight is 435 g/mol. The van der Waals surface area contributed by atoms with E-state index in [-0.39, 0.29) is 24.3 Å². The van der Waals surface area contributed by atoms with E-state index in [9.17, 15) is 4.57 Å². The Morgan fingerprint density at radius 2 is 1.17 bits per heavy atom. The predicted molar refractivity (Wildman–Crippen MR) is 127 cm³/mol. The maximum atomic E-state index is 12.7. The van der Waals surface area contributed by atoms with Gasteiger partial charge in [0.25, 0.3) is 0 Å². The van der Waals surface area contributed by atoms with E-state index in [1.165, 1.54) is 11.1 Å². The molecular weight excluding hydrogens is 395 g/mol. The fraction of sp³-hybridized carbons (Fsp3) is 0.500. The fourth-order valence-corrected chi connectivity index (χ4v) is 4.82. The summed E-state index contributed by atoms with van der Waals surface area (Å²) in [5, 5.41) is 3.02. The zero-order valence-corrected chi connectivity index (χ0v) is 20.1. The first-order valence-corrected chi connectivity index (χ1v) is 12.2. The van der Waals surface area contributed by atoms with Gasteiger partial charge in [-0.15, -0.1) is 0 Å². The summed E-state index contributed by atoms with van der Waals surface area (Å²) in [5.74, 6) is 0. The van der Waals surface area contributed by atoms with E-state index in [1.807, 2.05) is 77.9 Å². The summed E-state index contributed by atoms with van der Waals surface area (Å²) in [5.41, 5.74) is 8.13. The summed E-state index contributed by atoms with van der Waals surface area (Å²) >= 11 is 0. The van der Waals surface area contributed by atoms with Crippen LogP contribution in [0.2, 0.25) is 0 Å². The highest BCUT2D eigenvalue weighted by Crippen LogP contribution is 2.46. The molecule has 168 valence electrons. The third-order valence-electron chi connectivity index (χ3n) is 3.86. The van der Waals surface area contributed by atoms with E-state index in [1.54, 1.807) is 0 Å². The number of hydrogen-bond donors (Lipinski definition) is 2. The van der Waals surface area contributed by atoms with Crippen molar-refractivity contribution in [3.8, 4) is 0 Å². The van der Waals surface area contributed by atoms with Crippen LogP contribution in [0.4, 0.5) is 0 Å². The quantitative estimate of drug-likeness (QED) is 0.466. The lowest BCUT2D eigenvalue weighted by molar-refractivity contribution is 0.133. The largest absolute Gasteiger partial charge is 0.406 e. The van der Waals surface area contributed by atoms with Crippen molar-refractivity contribution in [1.29, 1.82) is 0 Å². The average Bonchev–Trinajstić information content (AvgIpc) is 2.61. The molecule has 0 saturated heterocycles. The minimum atomic E-state index is -3.27. The van der Waals surface area contributed by atoms with Gasteiger partial charge in [-0.1, -0.05) is 60.7 Å². The normalized spacial score (nSPS) is 13.6. The first kappa shape index (κ1) is 26.5. The molecule has 0 aromatic heterocycles. The monoisotopic (exact) mass is 434 g/mol. The van der Waals surface area contributed by atoms with Crippen molar-refractivity contribution in [2.45, 2.75) is 78.7 Å². The molecule has 30 heavy (non-hydrogen) atoms. The molecule has 0 bridgehead atoms. The first-order chi connectivity index (χ1) is 14.1. The third kappa shape index (κ3) is 12.3. The number of nitrogens with one attached hydrogen (secondary N) is 1. The number of rotatable bonds is 10. The van der Waals surface area contributed by atoms with Crippen LogP contribution in [-0.2, 0) is 26.5 Å². The molecule has 2 aromatic carbocycles. The van der Waals surface area contributed by atoms with E-state index in [0.29, 0.717) is 0 Å². The standard InChI is InChI=1S/C15H26NO3P.C9H13N/c1-12(2)18-20(17,19-13(3)4)16-14(5)11-15-9-7-6-8-10-15;1-8(10)7-9-5-3-2-4-6-9/h6-10,12-14H,11H2,1-5H3,(H,16,17);2-6,8H,7,10H2,1H3/t14-;8-/m11/s1. The molecule has 0 unspecified atom stereocenters. The molecular formula is C24H39N2O3P. The molecule has 0 spiro atoms. The van der Waals surface area contributed by atoms with Crippen LogP contribution in [0.15, 0.2) is 60.7 Å². The molecule has 2 atom stereocenters. The van der Waals surface area contributed by atoms with Crippen molar-refractivity contribution in [2.24, 2.45) is 5.73 Å². The summed E-state index contributed by atoms with van der Waals surface area (Å²) in [6.07, 6.45) is 1.43. The van der Waals surface area contributed by atoms with Crippen molar-refractivity contribution in [3.63, 3.8) is 0 Å². The highest BCUT2D eigenvalue weighted by molar-refractivity contribution is 7.51. The van der Waals surface area contributed by atoms with E-state index in [0.717, 1.165) is 12.8 Å². The molecule has 2 rings (SSSR count). The van der Waals surface area contributed by atoms with Crippen LogP contribution in [-0.4, -0.2) is 24.3 Å². The van der Waals surface area contributed by atoms with Gasteiger partial charge >= 0.3 is 7.75 Å². The van der Waals surface area contributed by atoms with E-state index < -0.39 is 7.75 Å². The molecule has 2 aromatic rings. The van der Waals surface area contributed by atoms with Crippen molar-refractivity contribution >= 4 is 7.75 Å². The summed E-state index contributed by atoms with van der Waals surface area (Å²) in [6, 6.07) is 20.6. The Morgan fingerprint density at radius 3 is 1.53 bits per heavy atom. The molecule has 0 aliphatic carbocycles. The van der Waals surface area contributed by atoms with Crippen LogP contribution in [0.5, 0.6) is 0 Å². The van der Waals surface area contributed by atoms with Gasteiger partial charge in [0.1, 0.15) is 0 Å². The lowest BCUT2D eigenvalue weighted by Gasteiger charge is -2.26. The first-order valence-electron chi connectivity index (χ1n) is 10.7. The lowest BCUT2D eigenvalue weighted by Crippen LogP contribution is -2.29. The van der Waals surface area contributed by atoms with Crippen LogP contribution in [0.1, 0.15) is 52.7 Å². The predicted octanol–water partition coefficient (Wildman–Crippen LogP) is 5.74. The molecule has 0 aliphatic rings. The molecule has 5 nitrogen and oxygen atoms in total. The lowest BCUT2D eigenvalue weighted by atomic mass is 10.1. The zero-order chi connectivity index (χ0) is 22.6. The Kier molecular flexibility index (Phi) is 12.2. The number of benzene rings is 2. The molecule has 0 radical (unpaired) electrons. The Hall–Kier alpha value is -1.49. The smallest absolute Gasteiger partial charge is 0.328 e. The van der Waals surface area contributed by atoms with Gasteiger partial charge in [-0.2, -0.15) is 0 Å². The number of nitrogens with two attached hydrogens (primary N) is 1. The van der Waals surface area contributed by atoms with Crippen LogP contribution >= 0.6 is 7.75 Å². The van der Waals surface area contributed by atoms with Gasteiger partial charge < -0.3 is 5.73 Å². The second kappa shape index (κ2) is 13.7. The maximum absolute atomic E-state index is 12.7. The highest BCUT2D eigenvalue weighted by Gasteiger charge is 2.29. The van der Waals surface area contributed by atoms with Crippen molar-refractivity contribution in [3.05, 3.63) is 71.8 Å². The summed E-state index contributed by atoms with van der Waals surface area (Å²) in [4.78, 5) is 0. The molecule has 0 aliphatic heterocycles. The van der Waals surface area contributed by atoms with Crippen LogP contribution in [0.3, 0.4) is 0 Å².